The lowest BCUT2D eigenvalue weighted by Gasteiger charge is -2.51. The summed E-state index contributed by atoms with van der Waals surface area (Å²) in [5, 5.41) is 91.7. The summed E-state index contributed by atoms with van der Waals surface area (Å²) in [6.07, 6.45) is -19.5. The van der Waals surface area contributed by atoms with Gasteiger partial charge in [0.25, 0.3) is 0 Å². The van der Waals surface area contributed by atoms with Gasteiger partial charge in [0, 0.05) is 12.8 Å². The lowest BCUT2D eigenvalue weighted by molar-refractivity contribution is -0.399. The second-order valence-electron chi connectivity index (χ2n) is 25.2. The minimum atomic E-state index is -1.91. The quantitative estimate of drug-likeness (QED) is 0.0381. The molecule has 6 aliphatic rings. The Kier molecular flexibility index (Phi) is 30.5. The average molecular weight is 1240 g/mol. The van der Waals surface area contributed by atoms with Crippen molar-refractivity contribution in [1.29, 1.82) is 0 Å². The van der Waals surface area contributed by atoms with E-state index in [1.165, 1.54) is 27.2 Å². The Bertz CT molecular complexity index is 1970. The highest BCUT2D eigenvalue weighted by Crippen LogP contribution is 2.39. The maximum Gasteiger partial charge on any atom is 0.308 e. The van der Waals surface area contributed by atoms with Crippen LogP contribution in [0.3, 0.4) is 0 Å². The number of aliphatic hydroxyl groups excluding tert-OH is 8. The number of aliphatic hydroxyl groups is 8. The molecule has 24 heteroatoms. The van der Waals surface area contributed by atoms with Crippen molar-refractivity contribution in [3.63, 3.8) is 0 Å². The van der Waals surface area contributed by atoms with E-state index in [0.717, 1.165) is 109 Å². The lowest BCUT2D eigenvalue weighted by Crippen LogP contribution is -2.68. The Labute approximate surface area is 508 Å². The van der Waals surface area contributed by atoms with Crippen molar-refractivity contribution >= 4 is 17.9 Å². The summed E-state index contributed by atoms with van der Waals surface area (Å²) < 4.78 is 82.3. The molecule has 0 amide bonds. The van der Waals surface area contributed by atoms with E-state index in [4.69, 9.17) is 61.6 Å². The minimum Gasteiger partial charge on any atom is -0.457 e. The molecule has 8 N–H and O–H groups in total. The van der Waals surface area contributed by atoms with Crippen molar-refractivity contribution in [1.82, 2.24) is 0 Å². The number of carbonyl (C=O) groups is 3. The molecule has 0 saturated carbocycles. The standard InChI is InChI=1S/C62H108O24/c1-10-12-14-15-16-17-20-23-28-32-41(64)81-56-55(86-58-47(70)44(67)42(65)34(5)74-58)52(83-59-48(71)46(69)50(36(7)76-59)82-57(73)33(3)4)38(9)78-62(56)84-51-37(8)77-60-49(72)53(51)80-40(63)31-27-24-21-18-19-22-26-30-39(29-25-13-11-2)79-61-54(85-60)45(68)43(66)35(6)75-61/h33-39,42-56,58-62,65-72H,10-32H2,1-9H3/t34-,35+,36-,37-,38-,39-,42-,43-,44+,45-,46-,47+,48+,49+,50-,51-,52-,53-,54+,55+,56+,58-,59-,60+,61-,62-/m0/s1. The molecule has 6 saturated heterocycles. The van der Waals surface area contributed by atoms with Crippen molar-refractivity contribution in [2.75, 3.05) is 0 Å². The number of unbranched alkanes of at least 4 members (excludes halogenated alkanes) is 10. The van der Waals surface area contributed by atoms with E-state index in [1.807, 2.05) is 0 Å². The molecule has 0 aromatic carbocycles. The number of esters is 3. The molecule has 26 atom stereocenters. The molecule has 500 valence electrons. The van der Waals surface area contributed by atoms with Crippen molar-refractivity contribution in [2.24, 2.45) is 5.92 Å². The maximum atomic E-state index is 14.3. The summed E-state index contributed by atoms with van der Waals surface area (Å²) in [7, 11) is 0. The molecule has 2 bridgehead atoms. The Morgan fingerprint density at radius 2 is 0.965 bits per heavy atom. The normalized spacial score (nSPS) is 41.7. The molecule has 6 aliphatic heterocycles. The smallest absolute Gasteiger partial charge is 0.308 e. The lowest BCUT2D eigenvalue weighted by atomic mass is 9.95. The zero-order valence-corrected chi connectivity index (χ0v) is 52.5. The Morgan fingerprint density at radius 3 is 1.63 bits per heavy atom. The second kappa shape index (κ2) is 36.1. The van der Waals surface area contributed by atoms with Crippen molar-refractivity contribution in [2.45, 2.75) is 370 Å². The van der Waals surface area contributed by atoms with Crippen LogP contribution in [0.1, 0.15) is 210 Å². The molecule has 6 heterocycles. The van der Waals surface area contributed by atoms with Gasteiger partial charge in [0.1, 0.15) is 73.2 Å². The monoisotopic (exact) mass is 1240 g/mol. The molecule has 0 unspecified atom stereocenters. The zero-order chi connectivity index (χ0) is 62.8. The van der Waals surface area contributed by atoms with Crippen LogP contribution in [0.2, 0.25) is 0 Å². The van der Waals surface area contributed by atoms with Crippen LogP contribution >= 0.6 is 0 Å². The molecule has 0 radical (unpaired) electrons. The number of hydrogen-bond acceptors (Lipinski definition) is 24. The maximum absolute atomic E-state index is 14.3. The number of rotatable bonds is 23. The van der Waals surface area contributed by atoms with E-state index in [9.17, 15) is 55.2 Å². The van der Waals surface area contributed by atoms with Gasteiger partial charge in [0.05, 0.1) is 42.5 Å². The molecular formula is C62H108O24. The average Bonchev–Trinajstić information content (AvgIpc) is 2.40. The van der Waals surface area contributed by atoms with E-state index >= 15 is 0 Å². The van der Waals surface area contributed by atoms with Crippen LogP contribution < -0.4 is 0 Å². The SMILES string of the molecule is CCCCCCCCCCCC(=O)O[C@H]1[C@H](O[C@@H]2[C@H]3OC(=O)CCCCCCCCC[C@H](CCCCC)O[C@@H]4O[C@H](C)[C@H](O)[C@H](O)[C@H]4O[C@@H](O[C@H]2C)[C@@H]3O)O[C@@H](C)[C@H](O[C@@H]2O[C@@H](C)[C@H](OC(=O)C(C)C)[C@@H](O)[C@H]2O)[C@H]1O[C@@H]1O[C@@H](C)[C@H](O)[C@@H](O)[C@H]1O. The van der Waals surface area contributed by atoms with Crippen molar-refractivity contribution in [3.8, 4) is 0 Å². The van der Waals surface area contributed by atoms with Gasteiger partial charge in [-0.05, 0) is 60.3 Å². The van der Waals surface area contributed by atoms with E-state index in [0.29, 0.717) is 19.3 Å². The summed E-state index contributed by atoms with van der Waals surface area (Å²) >= 11 is 0. The van der Waals surface area contributed by atoms with E-state index in [1.54, 1.807) is 27.7 Å². The van der Waals surface area contributed by atoms with Gasteiger partial charge in [-0.3, -0.25) is 14.4 Å². The first-order chi connectivity index (χ1) is 41.1. The van der Waals surface area contributed by atoms with Crippen LogP contribution in [0.15, 0.2) is 0 Å². The predicted molar refractivity (Wildman–Crippen MR) is 306 cm³/mol. The topological polar surface area (TPSA) is 333 Å². The van der Waals surface area contributed by atoms with Crippen molar-refractivity contribution in [3.05, 3.63) is 0 Å². The third-order valence-electron chi connectivity index (χ3n) is 17.6. The van der Waals surface area contributed by atoms with E-state index in [2.05, 4.69) is 13.8 Å². The predicted octanol–water partition coefficient (Wildman–Crippen LogP) is 4.94. The molecule has 24 nitrogen and oxygen atoms in total. The van der Waals surface area contributed by atoms with Crippen LogP contribution in [0.25, 0.3) is 0 Å². The fourth-order valence-electron chi connectivity index (χ4n) is 12.1. The summed E-state index contributed by atoms with van der Waals surface area (Å²) in [6.45, 7) is 15.1. The number of hydrogen-bond donors (Lipinski definition) is 8. The van der Waals surface area contributed by atoms with Crippen LogP contribution in [-0.4, -0.2) is 218 Å². The Morgan fingerprint density at radius 1 is 0.453 bits per heavy atom. The number of fused-ring (bicyclic) bond motifs is 3. The van der Waals surface area contributed by atoms with Gasteiger partial charge in [-0.15, -0.1) is 0 Å². The van der Waals surface area contributed by atoms with Crippen LogP contribution in [0.4, 0.5) is 0 Å². The first-order valence-corrected chi connectivity index (χ1v) is 32.6. The zero-order valence-electron chi connectivity index (χ0n) is 52.5. The molecule has 6 rings (SSSR count). The highest BCUT2D eigenvalue weighted by molar-refractivity contribution is 5.72. The summed E-state index contributed by atoms with van der Waals surface area (Å²) in [6, 6.07) is 0. The van der Waals surface area contributed by atoms with Crippen LogP contribution in [0.5, 0.6) is 0 Å². The fraction of sp³-hybridized carbons (Fsp3) is 0.952. The summed E-state index contributed by atoms with van der Waals surface area (Å²) in [5.74, 6) is -2.65. The largest absolute Gasteiger partial charge is 0.457 e. The molecule has 0 spiro atoms. The van der Waals surface area contributed by atoms with Gasteiger partial charge in [-0.2, -0.15) is 0 Å². The second-order valence-corrected chi connectivity index (χ2v) is 25.2. The Balaban J connectivity index is 1.36. The van der Waals surface area contributed by atoms with Crippen LogP contribution in [0, 0.1) is 5.92 Å². The molecule has 6 fully saturated rings. The van der Waals surface area contributed by atoms with Gasteiger partial charge in [-0.25, -0.2) is 0 Å². The van der Waals surface area contributed by atoms with Gasteiger partial charge in [0.2, 0.25) is 0 Å². The van der Waals surface area contributed by atoms with E-state index in [-0.39, 0.29) is 18.9 Å². The van der Waals surface area contributed by atoms with Crippen molar-refractivity contribution < 1.29 is 117 Å². The molecular weight excluding hydrogens is 1130 g/mol. The van der Waals surface area contributed by atoms with Gasteiger partial charge in [-0.1, -0.05) is 137 Å². The summed E-state index contributed by atoms with van der Waals surface area (Å²) in [5.41, 5.74) is 0. The van der Waals surface area contributed by atoms with Gasteiger partial charge >= 0.3 is 17.9 Å². The third kappa shape index (κ3) is 20.3. The summed E-state index contributed by atoms with van der Waals surface area (Å²) in [4.78, 5) is 41.1. The molecule has 0 aromatic rings. The number of carbonyl (C=O) groups excluding carboxylic acids is 3. The molecule has 0 aliphatic carbocycles. The number of ether oxygens (including phenoxy) is 13. The third-order valence-corrected chi connectivity index (χ3v) is 17.6. The first-order valence-electron chi connectivity index (χ1n) is 32.6. The minimum absolute atomic E-state index is 0.0255. The van der Waals surface area contributed by atoms with E-state index < -0.39 is 177 Å². The highest BCUT2D eigenvalue weighted by atomic mass is 16.8. The van der Waals surface area contributed by atoms with Gasteiger partial charge in [0.15, 0.2) is 49.8 Å². The molecule has 86 heavy (non-hydrogen) atoms. The Hall–Kier alpha value is -2.31. The first kappa shape index (κ1) is 72.7. The molecule has 0 aromatic heterocycles. The highest BCUT2D eigenvalue weighted by Gasteiger charge is 2.58. The fourth-order valence-corrected chi connectivity index (χ4v) is 12.1. The van der Waals surface area contributed by atoms with Crippen LogP contribution in [-0.2, 0) is 76.0 Å². The van der Waals surface area contributed by atoms with Gasteiger partial charge < -0.3 is 102 Å².